The van der Waals surface area contributed by atoms with Crippen molar-refractivity contribution in [2.45, 2.75) is 44.0 Å². The molecule has 0 bridgehead atoms. The van der Waals surface area contributed by atoms with E-state index in [0.29, 0.717) is 25.3 Å². The van der Waals surface area contributed by atoms with Gasteiger partial charge in [0, 0.05) is 43.3 Å². The van der Waals surface area contributed by atoms with E-state index in [2.05, 4.69) is 9.97 Å². The van der Waals surface area contributed by atoms with Crippen LogP contribution in [0.4, 0.5) is 24.8 Å². The number of alkyl halides is 3. The first-order valence-electron chi connectivity index (χ1n) is 10.6. The van der Waals surface area contributed by atoms with Crippen molar-refractivity contribution >= 4 is 21.5 Å². The average Bonchev–Trinajstić information content (AvgIpc) is 2.76. The molecule has 0 amide bonds. The minimum atomic E-state index is -4.75. The van der Waals surface area contributed by atoms with Gasteiger partial charge in [-0.1, -0.05) is 13.8 Å². The number of hydrogen-bond donors (Lipinski definition) is 1. The molecule has 2 heterocycles. The SMILES string of the molecule is CC(C)C1CN(c2ccc(C#N)c(S(C)(=O)=O)c2)CCN1c1ncc([C@@H](C)O)c(C(F)(F)F)n1. The summed E-state index contributed by atoms with van der Waals surface area (Å²) in [6, 6.07) is 6.18. The van der Waals surface area contributed by atoms with Gasteiger partial charge in [-0.15, -0.1) is 0 Å². The molecule has 1 aromatic carbocycles. The number of sulfone groups is 1. The maximum Gasteiger partial charge on any atom is 0.433 e. The highest BCUT2D eigenvalue weighted by Gasteiger charge is 2.39. The monoisotopic (exact) mass is 497 g/mol. The highest BCUT2D eigenvalue weighted by Crippen LogP contribution is 2.35. The minimum absolute atomic E-state index is 0.00457. The van der Waals surface area contributed by atoms with E-state index in [1.54, 1.807) is 11.0 Å². The number of nitrogens with zero attached hydrogens (tertiary/aromatic N) is 5. The number of hydrogen-bond acceptors (Lipinski definition) is 8. The molecule has 1 N–H and O–H groups in total. The molecule has 12 heteroatoms. The van der Waals surface area contributed by atoms with Gasteiger partial charge < -0.3 is 14.9 Å². The van der Waals surface area contributed by atoms with Crippen LogP contribution in [0.2, 0.25) is 0 Å². The van der Waals surface area contributed by atoms with E-state index in [4.69, 9.17) is 0 Å². The molecule has 0 spiro atoms. The molecule has 0 aliphatic carbocycles. The molecule has 8 nitrogen and oxygen atoms in total. The van der Waals surface area contributed by atoms with Gasteiger partial charge in [0.25, 0.3) is 0 Å². The molecule has 3 rings (SSSR count). The summed E-state index contributed by atoms with van der Waals surface area (Å²) in [6.07, 6.45) is -4.07. The molecule has 0 radical (unpaired) electrons. The van der Waals surface area contributed by atoms with E-state index >= 15 is 0 Å². The average molecular weight is 498 g/mol. The maximum atomic E-state index is 13.6. The number of piperazine rings is 1. The summed E-state index contributed by atoms with van der Waals surface area (Å²) in [4.78, 5) is 11.5. The van der Waals surface area contributed by atoms with Gasteiger partial charge in [-0.3, -0.25) is 0 Å². The molecule has 2 aromatic rings. The molecule has 1 aromatic heterocycles. The smallest absolute Gasteiger partial charge is 0.389 e. The van der Waals surface area contributed by atoms with Gasteiger partial charge >= 0.3 is 6.18 Å². The van der Waals surface area contributed by atoms with Crippen molar-refractivity contribution in [3.8, 4) is 6.07 Å². The van der Waals surface area contributed by atoms with Gasteiger partial charge in [-0.05, 0) is 31.0 Å². The van der Waals surface area contributed by atoms with E-state index < -0.39 is 27.8 Å². The predicted molar refractivity (Wildman–Crippen MR) is 120 cm³/mol. The second kappa shape index (κ2) is 9.38. The molecular formula is C22H26F3N5O3S. The van der Waals surface area contributed by atoms with E-state index in [-0.39, 0.29) is 33.9 Å². The van der Waals surface area contributed by atoms with E-state index in [0.717, 1.165) is 12.5 Å². The number of rotatable bonds is 5. The number of aliphatic hydroxyl groups excluding tert-OH is 1. The second-order valence-electron chi connectivity index (χ2n) is 8.66. The molecule has 1 fully saturated rings. The van der Waals surface area contributed by atoms with Gasteiger partial charge in [0.1, 0.15) is 6.07 Å². The minimum Gasteiger partial charge on any atom is -0.389 e. The molecule has 34 heavy (non-hydrogen) atoms. The third-order valence-electron chi connectivity index (χ3n) is 5.82. The van der Waals surface area contributed by atoms with Gasteiger partial charge in [-0.25, -0.2) is 18.4 Å². The van der Waals surface area contributed by atoms with Crippen LogP contribution in [-0.2, 0) is 16.0 Å². The number of aliphatic hydroxyl groups is 1. The second-order valence-corrected chi connectivity index (χ2v) is 10.6. The van der Waals surface area contributed by atoms with Crippen LogP contribution in [-0.4, -0.2) is 55.4 Å². The lowest BCUT2D eigenvalue weighted by Gasteiger charge is -2.44. The lowest BCUT2D eigenvalue weighted by atomic mass is 9.99. The fourth-order valence-electron chi connectivity index (χ4n) is 4.02. The quantitative estimate of drug-likeness (QED) is 0.671. The summed E-state index contributed by atoms with van der Waals surface area (Å²) in [7, 11) is -3.63. The van der Waals surface area contributed by atoms with Crippen molar-refractivity contribution in [2.75, 3.05) is 35.7 Å². The lowest BCUT2D eigenvalue weighted by molar-refractivity contribution is -0.142. The Bertz CT molecular complexity index is 1210. The summed E-state index contributed by atoms with van der Waals surface area (Å²) < 4.78 is 65.1. The number of anilines is 2. The third-order valence-corrected chi connectivity index (χ3v) is 6.95. The zero-order valence-corrected chi connectivity index (χ0v) is 20.0. The Labute approximate surface area is 196 Å². The third kappa shape index (κ3) is 5.26. The van der Waals surface area contributed by atoms with Crippen LogP contribution in [0.25, 0.3) is 0 Å². The Balaban J connectivity index is 1.97. The first-order valence-corrected chi connectivity index (χ1v) is 12.5. The first-order chi connectivity index (χ1) is 15.7. The van der Waals surface area contributed by atoms with Crippen molar-refractivity contribution in [3.05, 3.63) is 41.2 Å². The number of nitriles is 1. The van der Waals surface area contributed by atoms with Gasteiger partial charge in [0.15, 0.2) is 15.5 Å². The molecule has 1 unspecified atom stereocenters. The van der Waals surface area contributed by atoms with Crippen LogP contribution < -0.4 is 9.80 Å². The van der Waals surface area contributed by atoms with E-state index in [1.807, 2.05) is 24.8 Å². The molecule has 1 saturated heterocycles. The zero-order valence-electron chi connectivity index (χ0n) is 19.2. The van der Waals surface area contributed by atoms with Crippen molar-refractivity contribution < 1.29 is 26.7 Å². The Morgan fingerprint density at radius 3 is 2.44 bits per heavy atom. The Morgan fingerprint density at radius 1 is 1.24 bits per heavy atom. The van der Waals surface area contributed by atoms with Crippen LogP contribution in [0, 0.1) is 17.2 Å². The topological polar surface area (TPSA) is 110 Å². The van der Waals surface area contributed by atoms with Gasteiger partial charge in [0.2, 0.25) is 5.95 Å². The fourth-order valence-corrected chi connectivity index (χ4v) is 4.87. The molecule has 1 aliphatic rings. The largest absolute Gasteiger partial charge is 0.433 e. The van der Waals surface area contributed by atoms with Gasteiger partial charge in [-0.2, -0.15) is 18.4 Å². The highest BCUT2D eigenvalue weighted by molar-refractivity contribution is 7.90. The van der Waals surface area contributed by atoms with Crippen molar-refractivity contribution in [2.24, 2.45) is 5.92 Å². The standard InChI is InChI=1S/C22H26F3N5O3S/c1-13(2)18-12-29(16-6-5-15(10-26)19(9-16)34(4,32)33)7-8-30(18)21-27-11-17(14(3)31)20(28-21)22(23,24)25/h5-6,9,11,13-14,18,31H,7-8,12H2,1-4H3/t14-,18?/m1/s1. The summed E-state index contributed by atoms with van der Waals surface area (Å²) in [5.74, 6) is -0.0725. The maximum absolute atomic E-state index is 13.6. The van der Waals surface area contributed by atoms with Crippen LogP contribution in [0.15, 0.2) is 29.3 Å². The molecule has 0 saturated carbocycles. The summed E-state index contributed by atoms with van der Waals surface area (Å²) in [6.45, 7) is 6.14. The summed E-state index contributed by atoms with van der Waals surface area (Å²) in [5.41, 5.74) is -0.896. The van der Waals surface area contributed by atoms with E-state index in [1.165, 1.54) is 19.1 Å². The summed E-state index contributed by atoms with van der Waals surface area (Å²) >= 11 is 0. The van der Waals surface area contributed by atoms with Crippen molar-refractivity contribution in [3.63, 3.8) is 0 Å². The lowest BCUT2D eigenvalue weighted by Crippen LogP contribution is -2.56. The van der Waals surface area contributed by atoms with E-state index in [9.17, 15) is 32.0 Å². The molecule has 2 atom stereocenters. The van der Waals surface area contributed by atoms with Crippen LogP contribution in [0.3, 0.4) is 0 Å². The van der Waals surface area contributed by atoms with Crippen LogP contribution in [0.5, 0.6) is 0 Å². The van der Waals surface area contributed by atoms with Gasteiger partial charge in [0.05, 0.1) is 22.6 Å². The number of halogens is 3. The molecular weight excluding hydrogens is 471 g/mol. The molecule has 184 valence electrons. The van der Waals surface area contributed by atoms with Crippen LogP contribution >= 0.6 is 0 Å². The zero-order chi connectivity index (χ0) is 25.4. The fraction of sp³-hybridized carbons (Fsp3) is 0.500. The summed E-state index contributed by atoms with van der Waals surface area (Å²) in [5, 5.41) is 19.0. The Morgan fingerprint density at radius 2 is 1.91 bits per heavy atom. The first kappa shape index (κ1) is 25.7. The Hall–Kier alpha value is -2.91. The number of benzene rings is 1. The molecule has 1 aliphatic heterocycles. The van der Waals surface area contributed by atoms with Crippen LogP contribution in [0.1, 0.15) is 43.7 Å². The predicted octanol–water partition coefficient (Wildman–Crippen LogP) is 3.18. The van der Waals surface area contributed by atoms with Crippen molar-refractivity contribution in [1.29, 1.82) is 5.26 Å². The van der Waals surface area contributed by atoms with Crippen molar-refractivity contribution in [1.82, 2.24) is 9.97 Å². The number of aromatic nitrogens is 2. The highest BCUT2D eigenvalue weighted by atomic mass is 32.2. The Kier molecular flexibility index (Phi) is 7.10. The normalized spacial score (nSPS) is 18.2.